The van der Waals surface area contributed by atoms with Crippen molar-refractivity contribution in [3.8, 4) is 17.3 Å². The minimum atomic E-state index is -0.0419. The van der Waals surface area contributed by atoms with Gasteiger partial charge in [-0.15, -0.1) is 0 Å². The number of rotatable bonds is 4. The number of hydrogen-bond donors (Lipinski definition) is 1. The van der Waals surface area contributed by atoms with Crippen LogP contribution >= 0.6 is 15.9 Å². The number of nitrogens with one attached hydrogen (secondary N) is 1. The minimum absolute atomic E-state index is 0.0419. The summed E-state index contributed by atoms with van der Waals surface area (Å²) in [5, 5.41) is 16.9. The molecular weight excluding hydrogens is 458 g/mol. The fourth-order valence-corrected chi connectivity index (χ4v) is 6.68. The van der Waals surface area contributed by atoms with Gasteiger partial charge in [-0.05, 0) is 60.0 Å². The van der Waals surface area contributed by atoms with E-state index in [-0.39, 0.29) is 5.54 Å². The monoisotopic (exact) mass is 477 g/mol. The Labute approximate surface area is 187 Å². The Bertz CT molecular complexity index is 1220. The Kier molecular flexibility index (Phi) is 4.09. The van der Waals surface area contributed by atoms with Crippen molar-refractivity contribution in [2.75, 3.05) is 4.90 Å². The molecule has 2 unspecified atom stereocenters. The van der Waals surface area contributed by atoms with E-state index in [1.54, 1.807) is 16.9 Å². The fourth-order valence-electron chi connectivity index (χ4n) is 6.26. The number of anilines is 1. The number of piperidine rings is 2. The van der Waals surface area contributed by atoms with Crippen LogP contribution in [0.2, 0.25) is 0 Å². The number of nitriles is 1. The molecule has 7 rings (SSSR count). The number of halogens is 1. The average molecular weight is 478 g/mol. The van der Waals surface area contributed by atoms with Gasteiger partial charge in [-0.25, -0.2) is 9.50 Å². The quantitative estimate of drug-likeness (QED) is 0.579. The number of nitrogens with zero attached hydrogens (tertiary/aromatic N) is 6. The molecule has 156 valence electrons. The molecule has 5 heterocycles. The van der Waals surface area contributed by atoms with E-state index in [9.17, 15) is 10.1 Å². The topological polar surface area (TPSA) is 99.2 Å². The van der Waals surface area contributed by atoms with Crippen LogP contribution in [0.3, 0.4) is 0 Å². The molecule has 2 aliphatic heterocycles. The maximum atomic E-state index is 11.2. The van der Waals surface area contributed by atoms with E-state index < -0.39 is 0 Å². The van der Waals surface area contributed by atoms with Crippen LogP contribution in [0.15, 0.2) is 35.3 Å². The molecule has 1 N–H and O–H groups in total. The first-order valence-electron chi connectivity index (χ1n) is 10.5. The first kappa shape index (κ1) is 18.8. The van der Waals surface area contributed by atoms with Crippen molar-refractivity contribution in [2.45, 2.75) is 49.7 Å². The van der Waals surface area contributed by atoms with Crippen LogP contribution in [0, 0.1) is 17.2 Å². The largest absolute Gasteiger partial charge is 0.353 e. The van der Waals surface area contributed by atoms with Gasteiger partial charge in [0.15, 0.2) is 0 Å². The molecule has 4 fully saturated rings. The summed E-state index contributed by atoms with van der Waals surface area (Å²) in [7, 11) is 0. The highest BCUT2D eigenvalue weighted by Gasteiger charge is 2.54. The summed E-state index contributed by atoms with van der Waals surface area (Å²) in [6, 6.07) is 4.92. The standard InChI is InChI=1S/C22H20BrN7O/c23-15-3-18(21-14(7-24)8-28-29(21)11-15)19-9-26-20(10-25-19)30-16-1-13-2-17(30)6-22(4-13,5-16)27-12-31/h3,8-13,16-17H,1-2,4-6H2,(H,27,31)/t13?,16-,17+,22?. The van der Waals surface area contributed by atoms with Gasteiger partial charge in [-0.2, -0.15) is 10.4 Å². The summed E-state index contributed by atoms with van der Waals surface area (Å²) < 4.78 is 2.54. The molecule has 0 spiro atoms. The zero-order valence-electron chi connectivity index (χ0n) is 16.7. The minimum Gasteiger partial charge on any atom is -0.353 e. The first-order valence-corrected chi connectivity index (χ1v) is 11.3. The lowest BCUT2D eigenvalue weighted by Gasteiger charge is -2.61. The molecule has 8 nitrogen and oxygen atoms in total. The molecule has 0 radical (unpaired) electrons. The molecule has 31 heavy (non-hydrogen) atoms. The summed E-state index contributed by atoms with van der Waals surface area (Å²) in [5.41, 5.74) is 2.71. The molecule has 1 amide bonds. The van der Waals surface area contributed by atoms with Crippen LogP contribution in [0.1, 0.15) is 37.7 Å². The Morgan fingerprint density at radius 3 is 2.68 bits per heavy atom. The van der Waals surface area contributed by atoms with Gasteiger partial charge in [0.05, 0.1) is 35.4 Å². The number of amides is 1. The van der Waals surface area contributed by atoms with E-state index in [1.807, 2.05) is 18.5 Å². The number of carbonyl (C=O) groups excluding carboxylic acids is 1. The van der Waals surface area contributed by atoms with Gasteiger partial charge < -0.3 is 10.2 Å². The van der Waals surface area contributed by atoms with E-state index in [4.69, 9.17) is 9.97 Å². The van der Waals surface area contributed by atoms with Crippen molar-refractivity contribution < 1.29 is 4.79 Å². The third kappa shape index (κ3) is 2.85. The van der Waals surface area contributed by atoms with Crippen LogP contribution in [0.25, 0.3) is 16.8 Å². The zero-order chi connectivity index (χ0) is 21.2. The summed E-state index contributed by atoms with van der Waals surface area (Å²) >= 11 is 3.52. The number of hydrogen-bond acceptors (Lipinski definition) is 6. The van der Waals surface area contributed by atoms with Crippen molar-refractivity contribution in [2.24, 2.45) is 5.92 Å². The molecule has 2 saturated heterocycles. The summed E-state index contributed by atoms with van der Waals surface area (Å²) in [6.07, 6.45) is 13.2. The van der Waals surface area contributed by atoms with Gasteiger partial charge in [0.25, 0.3) is 0 Å². The molecule has 4 aliphatic rings. The van der Waals surface area contributed by atoms with Crippen LogP contribution < -0.4 is 10.2 Å². The third-order valence-electron chi connectivity index (χ3n) is 7.17. The predicted molar refractivity (Wildman–Crippen MR) is 117 cm³/mol. The van der Waals surface area contributed by atoms with E-state index in [1.165, 1.54) is 0 Å². The highest BCUT2D eigenvalue weighted by Crippen LogP contribution is 2.52. The molecule has 3 aromatic rings. The summed E-state index contributed by atoms with van der Waals surface area (Å²) in [6.45, 7) is 0. The number of fused-ring (bicyclic) bond motifs is 1. The van der Waals surface area contributed by atoms with Crippen LogP contribution in [0.4, 0.5) is 5.82 Å². The van der Waals surface area contributed by atoms with E-state index in [0.717, 1.165) is 59.9 Å². The molecule has 4 bridgehead atoms. The molecule has 2 saturated carbocycles. The normalized spacial score (nSPS) is 28.6. The fraction of sp³-hybridized carbons (Fsp3) is 0.409. The molecule has 4 atom stereocenters. The van der Waals surface area contributed by atoms with E-state index >= 15 is 0 Å². The maximum Gasteiger partial charge on any atom is 0.207 e. The van der Waals surface area contributed by atoms with Crippen molar-refractivity contribution in [3.63, 3.8) is 0 Å². The highest BCUT2D eigenvalue weighted by molar-refractivity contribution is 9.10. The zero-order valence-corrected chi connectivity index (χ0v) is 18.3. The maximum absolute atomic E-state index is 11.2. The Hall–Kier alpha value is -2.99. The Morgan fingerprint density at radius 1 is 1.19 bits per heavy atom. The number of carbonyl (C=O) groups is 1. The molecule has 0 aromatic carbocycles. The SMILES string of the molecule is N#Cc1cnn2cc(Br)cc(-c3cnc(N4[C@@H]5CC6C[C@H]4CC(NC=O)(C6)C5)cn3)c12. The lowest BCUT2D eigenvalue weighted by molar-refractivity contribution is -0.113. The van der Waals surface area contributed by atoms with Crippen molar-refractivity contribution in [1.29, 1.82) is 5.26 Å². The molecule has 3 aromatic heterocycles. The van der Waals surface area contributed by atoms with Crippen LogP contribution in [-0.4, -0.2) is 43.6 Å². The van der Waals surface area contributed by atoms with E-state index in [0.29, 0.717) is 29.3 Å². The number of pyridine rings is 1. The van der Waals surface area contributed by atoms with E-state index in [2.05, 4.69) is 37.3 Å². The second-order valence-electron chi connectivity index (χ2n) is 9.00. The van der Waals surface area contributed by atoms with Crippen molar-refractivity contribution >= 4 is 33.7 Å². The van der Waals surface area contributed by atoms with Gasteiger partial charge in [0.1, 0.15) is 11.9 Å². The predicted octanol–water partition coefficient (Wildman–Crippen LogP) is 3.06. The molecular formula is C22H20BrN7O. The molecule has 9 heteroatoms. The summed E-state index contributed by atoms with van der Waals surface area (Å²) in [4.78, 5) is 23.1. The van der Waals surface area contributed by atoms with Gasteiger partial charge in [-0.3, -0.25) is 9.78 Å². The van der Waals surface area contributed by atoms with Gasteiger partial charge in [-0.1, -0.05) is 0 Å². The van der Waals surface area contributed by atoms with Crippen LogP contribution in [0.5, 0.6) is 0 Å². The Morgan fingerprint density at radius 2 is 2.00 bits per heavy atom. The second-order valence-corrected chi connectivity index (χ2v) is 9.92. The van der Waals surface area contributed by atoms with Gasteiger partial charge in [0, 0.05) is 33.9 Å². The average Bonchev–Trinajstić information content (AvgIpc) is 3.16. The number of aromatic nitrogens is 4. The highest BCUT2D eigenvalue weighted by atomic mass is 79.9. The Balaban J connectivity index is 1.35. The molecule has 2 aliphatic carbocycles. The van der Waals surface area contributed by atoms with Crippen molar-refractivity contribution in [3.05, 3.63) is 40.9 Å². The van der Waals surface area contributed by atoms with Crippen molar-refractivity contribution in [1.82, 2.24) is 24.9 Å². The van der Waals surface area contributed by atoms with Crippen LogP contribution in [-0.2, 0) is 4.79 Å². The smallest absolute Gasteiger partial charge is 0.207 e. The first-order chi connectivity index (χ1) is 15.1. The second kappa shape index (κ2) is 6.76. The lowest BCUT2D eigenvalue weighted by Crippen LogP contribution is -2.68. The summed E-state index contributed by atoms with van der Waals surface area (Å²) in [5.74, 6) is 1.56. The third-order valence-corrected chi connectivity index (χ3v) is 7.61. The van der Waals surface area contributed by atoms with Gasteiger partial charge in [0.2, 0.25) is 6.41 Å². The lowest BCUT2D eigenvalue weighted by atomic mass is 9.59. The van der Waals surface area contributed by atoms with Gasteiger partial charge >= 0.3 is 0 Å².